The highest BCUT2D eigenvalue weighted by molar-refractivity contribution is 6.05. The predicted octanol–water partition coefficient (Wildman–Crippen LogP) is 2.32. The number of nitrogens with one attached hydrogen (secondary N) is 1. The molecule has 0 unspecified atom stereocenters. The second kappa shape index (κ2) is 6.32. The second-order valence-electron chi connectivity index (χ2n) is 7.91. The summed E-state index contributed by atoms with van der Waals surface area (Å²) in [7, 11) is 2.43. The highest BCUT2D eigenvalue weighted by atomic mass is 16.6. The predicted molar refractivity (Wildman–Crippen MR) is 97.7 cm³/mol. The summed E-state index contributed by atoms with van der Waals surface area (Å²) in [5.74, 6) is -2.22. The van der Waals surface area contributed by atoms with Crippen molar-refractivity contribution in [1.82, 2.24) is 0 Å². The molecule has 3 rings (SSSR count). The fraction of sp³-hybridized carbons (Fsp3) is 0.500. The number of esters is 3. The number of anilines is 1. The molecule has 8 heteroatoms. The molecule has 2 aliphatic rings. The van der Waals surface area contributed by atoms with Gasteiger partial charge >= 0.3 is 17.9 Å². The van der Waals surface area contributed by atoms with Crippen LogP contribution in [0.4, 0.5) is 5.69 Å². The summed E-state index contributed by atoms with van der Waals surface area (Å²) in [5.41, 5.74) is -2.41. The molecule has 28 heavy (non-hydrogen) atoms. The van der Waals surface area contributed by atoms with Gasteiger partial charge in [-0.1, -0.05) is 13.8 Å². The largest absolute Gasteiger partial charge is 0.465 e. The maximum absolute atomic E-state index is 13.2. The molecule has 0 spiro atoms. The van der Waals surface area contributed by atoms with Crippen molar-refractivity contribution in [2.24, 2.45) is 10.8 Å². The van der Waals surface area contributed by atoms with Crippen LogP contribution in [0.1, 0.15) is 54.3 Å². The maximum atomic E-state index is 13.2. The lowest BCUT2D eigenvalue weighted by atomic mass is 9.66. The summed E-state index contributed by atoms with van der Waals surface area (Å²) < 4.78 is 15.0. The zero-order valence-electron chi connectivity index (χ0n) is 16.5. The Balaban J connectivity index is 1.98. The molecule has 2 bridgehead atoms. The molecule has 1 aliphatic heterocycles. The van der Waals surface area contributed by atoms with Crippen LogP contribution < -0.4 is 5.32 Å². The van der Waals surface area contributed by atoms with E-state index in [0.29, 0.717) is 12.8 Å². The summed E-state index contributed by atoms with van der Waals surface area (Å²) in [4.78, 5) is 49.4. The Morgan fingerprint density at radius 2 is 1.50 bits per heavy atom. The first-order chi connectivity index (χ1) is 13.0. The number of methoxy groups -OCH3 is 2. The molecule has 1 aromatic carbocycles. The highest BCUT2D eigenvalue weighted by Gasteiger charge is 2.75. The van der Waals surface area contributed by atoms with E-state index in [9.17, 15) is 19.2 Å². The van der Waals surface area contributed by atoms with Crippen molar-refractivity contribution in [2.45, 2.75) is 39.2 Å². The number of amides is 1. The van der Waals surface area contributed by atoms with Crippen LogP contribution in [-0.4, -0.2) is 43.6 Å². The van der Waals surface area contributed by atoms with E-state index < -0.39 is 40.2 Å². The van der Waals surface area contributed by atoms with Gasteiger partial charge in [-0.3, -0.25) is 9.59 Å². The fourth-order valence-electron chi connectivity index (χ4n) is 4.15. The number of carbonyl (C=O) groups excluding carboxylic acids is 4. The van der Waals surface area contributed by atoms with Crippen molar-refractivity contribution in [3.05, 3.63) is 29.3 Å². The van der Waals surface area contributed by atoms with E-state index in [1.165, 1.54) is 32.4 Å². The van der Waals surface area contributed by atoms with E-state index in [0.717, 1.165) is 0 Å². The van der Waals surface area contributed by atoms with Gasteiger partial charge in [0.15, 0.2) is 5.60 Å². The summed E-state index contributed by atoms with van der Waals surface area (Å²) >= 11 is 0. The number of hydrogen-bond donors (Lipinski definition) is 1. The first kappa shape index (κ1) is 19.9. The third-order valence-electron chi connectivity index (χ3n) is 6.48. The highest BCUT2D eigenvalue weighted by Crippen LogP contribution is 2.65. The fourth-order valence-corrected chi connectivity index (χ4v) is 4.15. The van der Waals surface area contributed by atoms with E-state index in [-0.39, 0.29) is 16.8 Å². The van der Waals surface area contributed by atoms with E-state index in [1.807, 2.05) is 20.8 Å². The lowest BCUT2D eigenvalue weighted by Gasteiger charge is -2.35. The van der Waals surface area contributed by atoms with Crippen molar-refractivity contribution < 1.29 is 33.4 Å². The number of carbonyl (C=O) groups is 4. The van der Waals surface area contributed by atoms with Crippen LogP contribution in [0.5, 0.6) is 0 Å². The molecule has 1 saturated heterocycles. The zero-order chi connectivity index (χ0) is 20.9. The third kappa shape index (κ3) is 2.51. The topological polar surface area (TPSA) is 108 Å². The van der Waals surface area contributed by atoms with Gasteiger partial charge in [-0.25, -0.2) is 9.59 Å². The Bertz CT molecular complexity index is 856. The standard InChI is InChI=1S/C20H23NO7/c1-18(2)19(3)6-7-20(18,28-17(19)25)16(24)21-13-9-11(14(22)26-4)8-12(10-13)15(23)27-5/h8-10H,6-7H2,1-5H3,(H,21,24)/t19-,20+/m1/s1. The summed E-state index contributed by atoms with van der Waals surface area (Å²) in [6, 6.07) is 4.10. The average molecular weight is 389 g/mol. The van der Waals surface area contributed by atoms with E-state index in [1.54, 1.807) is 0 Å². The molecule has 1 N–H and O–H groups in total. The molecule has 1 aliphatic carbocycles. The zero-order valence-corrected chi connectivity index (χ0v) is 16.5. The van der Waals surface area contributed by atoms with Crippen LogP contribution in [0.25, 0.3) is 0 Å². The van der Waals surface area contributed by atoms with Gasteiger partial charge in [-0.05, 0) is 38.0 Å². The normalized spacial score (nSPS) is 27.1. The van der Waals surface area contributed by atoms with Gasteiger partial charge in [-0.15, -0.1) is 0 Å². The van der Waals surface area contributed by atoms with Crippen molar-refractivity contribution in [3.63, 3.8) is 0 Å². The lowest BCUT2D eigenvalue weighted by molar-refractivity contribution is -0.165. The van der Waals surface area contributed by atoms with Gasteiger partial charge in [-0.2, -0.15) is 0 Å². The molecule has 1 saturated carbocycles. The minimum atomic E-state index is -1.31. The van der Waals surface area contributed by atoms with Gasteiger partial charge in [0.2, 0.25) is 0 Å². The molecule has 1 amide bonds. The summed E-state index contributed by atoms with van der Waals surface area (Å²) in [6.45, 7) is 5.50. The number of rotatable bonds is 4. The Kier molecular flexibility index (Phi) is 4.48. The van der Waals surface area contributed by atoms with Gasteiger partial charge in [0, 0.05) is 11.1 Å². The summed E-state index contributed by atoms with van der Waals surface area (Å²) in [5, 5.41) is 2.70. The Morgan fingerprint density at radius 3 is 1.89 bits per heavy atom. The van der Waals surface area contributed by atoms with Crippen molar-refractivity contribution in [2.75, 3.05) is 19.5 Å². The Morgan fingerprint density at radius 1 is 0.964 bits per heavy atom. The van der Waals surface area contributed by atoms with Crippen LogP contribution in [0, 0.1) is 10.8 Å². The van der Waals surface area contributed by atoms with Gasteiger partial charge in [0.25, 0.3) is 5.91 Å². The molecule has 2 fully saturated rings. The quantitative estimate of drug-likeness (QED) is 0.622. The Hall–Kier alpha value is -2.90. The summed E-state index contributed by atoms with van der Waals surface area (Å²) in [6.07, 6.45) is 0.941. The molecule has 150 valence electrons. The molecule has 1 heterocycles. The van der Waals surface area contributed by atoms with Crippen LogP contribution in [0.2, 0.25) is 0 Å². The van der Waals surface area contributed by atoms with Crippen LogP contribution in [0.3, 0.4) is 0 Å². The molecular weight excluding hydrogens is 366 g/mol. The van der Waals surface area contributed by atoms with Crippen molar-refractivity contribution >= 4 is 29.5 Å². The number of benzene rings is 1. The van der Waals surface area contributed by atoms with Crippen LogP contribution in [0.15, 0.2) is 18.2 Å². The maximum Gasteiger partial charge on any atom is 0.337 e. The van der Waals surface area contributed by atoms with Crippen LogP contribution in [-0.2, 0) is 23.8 Å². The van der Waals surface area contributed by atoms with Crippen molar-refractivity contribution in [3.8, 4) is 0 Å². The smallest absolute Gasteiger partial charge is 0.337 e. The molecule has 8 nitrogen and oxygen atoms in total. The first-order valence-corrected chi connectivity index (χ1v) is 8.89. The molecule has 1 aromatic rings. The SMILES string of the molecule is COC(=O)c1cc(NC(=O)[C@]23CC[C@](C)(C(=O)O2)C3(C)C)cc(C(=O)OC)c1. The molecule has 0 radical (unpaired) electrons. The molecular formula is C20H23NO7. The minimum absolute atomic E-state index is 0.0807. The van der Waals surface area contributed by atoms with Gasteiger partial charge in [0.05, 0.1) is 30.8 Å². The third-order valence-corrected chi connectivity index (χ3v) is 6.48. The lowest BCUT2D eigenvalue weighted by Crippen LogP contribution is -2.50. The average Bonchev–Trinajstić information content (AvgIpc) is 2.96. The van der Waals surface area contributed by atoms with E-state index in [2.05, 4.69) is 5.32 Å². The molecule has 0 aromatic heterocycles. The number of ether oxygens (including phenoxy) is 3. The minimum Gasteiger partial charge on any atom is -0.465 e. The number of fused-ring (bicyclic) bond motifs is 2. The van der Waals surface area contributed by atoms with Crippen LogP contribution >= 0.6 is 0 Å². The van der Waals surface area contributed by atoms with E-state index in [4.69, 9.17) is 14.2 Å². The Labute approximate surface area is 162 Å². The van der Waals surface area contributed by atoms with Crippen molar-refractivity contribution in [1.29, 1.82) is 0 Å². The van der Waals surface area contributed by atoms with E-state index >= 15 is 0 Å². The number of hydrogen-bond acceptors (Lipinski definition) is 7. The second-order valence-corrected chi connectivity index (χ2v) is 7.91. The van der Waals surface area contributed by atoms with Gasteiger partial charge in [0.1, 0.15) is 0 Å². The monoisotopic (exact) mass is 389 g/mol. The molecule has 2 atom stereocenters. The van der Waals surface area contributed by atoms with Gasteiger partial charge < -0.3 is 19.5 Å². The first-order valence-electron chi connectivity index (χ1n) is 8.89.